The van der Waals surface area contributed by atoms with Crippen LogP contribution in [0.3, 0.4) is 0 Å². The molecule has 0 aliphatic carbocycles. The predicted molar refractivity (Wildman–Crippen MR) is 75.6 cm³/mol. The summed E-state index contributed by atoms with van der Waals surface area (Å²) in [7, 11) is 0. The first-order valence-corrected chi connectivity index (χ1v) is 6.54. The lowest BCUT2D eigenvalue weighted by Crippen LogP contribution is -2.12. The van der Waals surface area contributed by atoms with Crippen molar-refractivity contribution in [2.45, 2.75) is 25.3 Å². The summed E-state index contributed by atoms with van der Waals surface area (Å²) in [5, 5.41) is 0.648. The van der Waals surface area contributed by atoms with Gasteiger partial charge in [-0.2, -0.15) is 0 Å². The van der Waals surface area contributed by atoms with Crippen LogP contribution in [-0.2, 0) is 6.42 Å². The third-order valence-electron chi connectivity index (χ3n) is 2.95. The van der Waals surface area contributed by atoms with Gasteiger partial charge in [0.15, 0.2) is 0 Å². The summed E-state index contributed by atoms with van der Waals surface area (Å²) < 4.78 is 0. The second kappa shape index (κ2) is 6.53. The third-order valence-corrected chi connectivity index (χ3v) is 3.18. The van der Waals surface area contributed by atoms with Gasteiger partial charge >= 0.3 is 0 Å². The molecule has 0 fully saturated rings. The van der Waals surface area contributed by atoms with Crippen LogP contribution in [0, 0.1) is 0 Å². The van der Waals surface area contributed by atoms with Crippen molar-refractivity contribution >= 4 is 11.6 Å². The highest BCUT2D eigenvalue weighted by Gasteiger charge is 2.07. The van der Waals surface area contributed by atoms with Gasteiger partial charge in [-0.3, -0.25) is 4.98 Å². The molecule has 1 aromatic carbocycles. The number of rotatable bonds is 5. The van der Waals surface area contributed by atoms with Crippen molar-refractivity contribution < 1.29 is 0 Å². The minimum atomic E-state index is -0.00835. The number of hydrogen-bond donors (Lipinski definition) is 1. The first-order chi connectivity index (χ1) is 8.75. The van der Waals surface area contributed by atoms with Crippen LogP contribution in [0.25, 0.3) is 0 Å². The molecule has 3 heteroatoms. The zero-order valence-corrected chi connectivity index (χ0v) is 11.0. The molecule has 2 rings (SSSR count). The van der Waals surface area contributed by atoms with Crippen LogP contribution < -0.4 is 5.73 Å². The minimum absolute atomic E-state index is 0.00835. The van der Waals surface area contributed by atoms with Crippen molar-refractivity contribution in [1.29, 1.82) is 0 Å². The van der Waals surface area contributed by atoms with E-state index in [-0.39, 0.29) is 6.04 Å². The summed E-state index contributed by atoms with van der Waals surface area (Å²) in [5.74, 6) is 0. The molecule has 0 radical (unpaired) electrons. The topological polar surface area (TPSA) is 38.9 Å². The highest BCUT2D eigenvalue weighted by atomic mass is 35.5. The average molecular weight is 261 g/mol. The summed E-state index contributed by atoms with van der Waals surface area (Å²) in [4.78, 5) is 4.25. The van der Waals surface area contributed by atoms with Crippen LogP contribution in [0.1, 0.15) is 30.1 Å². The average Bonchev–Trinajstić information content (AvgIpc) is 2.40. The molecule has 0 bridgehead atoms. The summed E-state index contributed by atoms with van der Waals surface area (Å²) in [5.41, 5.74) is 8.37. The summed E-state index contributed by atoms with van der Waals surface area (Å²) >= 11 is 5.80. The number of halogens is 1. The van der Waals surface area contributed by atoms with Crippen molar-refractivity contribution in [1.82, 2.24) is 4.98 Å². The minimum Gasteiger partial charge on any atom is -0.323 e. The highest BCUT2D eigenvalue weighted by Crippen LogP contribution is 2.17. The first-order valence-electron chi connectivity index (χ1n) is 6.16. The van der Waals surface area contributed by atoms with Crippen LogP contribution in [0.15, 0.2) is 48.7 Å². The molecule has 1 atom stereocenters. The lowest BCUT2D eigenvalue weighted by Gasteiger charge is -2.10. The van der Waals surface area contributed by atoms with Gasteiger partial charge in [0.1, 0.15) is 0 Å². The molecule has 18 heavy (non-hydrogen) atoms. The SMILES string of the molecule is NC(CCCc1ccccc1)c1ccc(Cl)cn1. The maximum atomic E-state index is 6.10. The van der Waals surface area contributed by atoms with Crippen molar-refractivity contribution in [3.8, 4) is 0 Å². The molecule has 94 valence electrons. The van der Waals surface area contributed by atoms with Gasteiger partial charge in [-0.1, -0.05) is 41.9 Å². The zero-order chi connectivity index (χ0) is 12.8. The van der Waals surface area contributed by atoms with Crippen LogP contribution in [0.2, 0.25) is 5.02 Å². The fraction of sp³-hybridized carbons (Fsp3) is 0.267. The molecule has 2 nitrogen and oxygen atoms in total. The van der Waals surface area contributed by atoms with Crippen LogP contribution in [0.4, 0.5) is 0 Å². The van der Waals surface area contributed by atoms with Crippen molar-refractivity contribution in [3.05, 3.63) is 64.9 Å². The monoisotopic (exact) mass is 260 g/mol. The van der Waals surface area contributed by atoms with E-state index in [1.165, 1.54) is 5.56 Å². The van der Waals surface area contributed by atoms with E-state index in [2.05, 4.69) is 29.2 Å². The van der Waals surface area contributed by atoms with E-state index in [9.17, 15) is 0 Å². The Bertz CT molecular complexity index is 468. The van der Waals surface area contributed by atoms with Gasteiger partial charge < -0.3 is 5.73 Å². The molecule has 0 saturated heterocycles. The Kier molecular flexibility index (Phi) is 4.73. The Morgan fingerprint density at radius 2 is 1.89 bits per heavy atom. The second-order valence-corrected chi connectivity index (χ2v) is 4.82. The standard InChI is InChI=1S/C15H17ClN2/c16-13-9-10-15(18-11-13)14(17)8-4-7-12-5-2-1-3-6-12/h1-3,5-6,9-11,14H,4,7-8,17H2. The Balaban J connectivity index is 1.81. The fourth-order valence-corrected chi connectivity index (χ4v) is 2.04. The van der Waals surface area contributed by atoms with Crippen molar-refractivity contribution in [2.24, 2.45) is 5.73 Å². The second-order valence-electron chi connectivity index (χ2n) is 4.39. The maximum Gasteiger partial charge on any atom is 0.0589 e. The van der Waals surface area contributed by atoms with Gasteiger partial charge in [0, 0.05) is 12.2 Å². The normalized spacial score (nSPS) is 12.3. The number of hydrogen-bond acceptors (Lipinski definition) is 2. The summed E-state index contributed by atoms with van der Waals surface area (Å²) in [6.07, 6.45) is 4.70. The molecule has 0 amide bonds. The van der Waals surface area contributed by atoms with Gasteiger partial charge in [-0.15, -0.1) is 0 Å². The fourth-order valence-electron chi connectivity index (χ4n) is 1.93. The Morgan fingerprint density at radius 3 is 2.56 bits per heavy atom. The number of nitrogens with zero attached hydrogens (tertiary/aromatic N) is 1. The molecule has 1 unspecified atom stereocenters. The van der Waals surface area contributed by atoms with Crippen LogP contribution in [0.5, 0.6) is 0 Å². The zero-order valence-electron chi connectivity index (χ0n) is 10.2. The predicted octanol–water partition coefficient (Wildman–Crippen LogP) is 3.76. The smallest absolute Gasteiger partial charge is 0.0589 e. The maximum absolute atomic E-state index is 6.10. The van der Waals surface area contributed by atoms with E-state index in [1.807, 2.05) is 18.2 Å². The van der Waals surface area contributed by atoms with E-state index in [0.717, 1.165) is 25.0 Å². The van der Waals surface area contributed by atoms with E-state index >= 15 is 0 Å². The molecule has 2 N–H and O–H groups in total. The number of nitrogens with two attached hydrogens (primary N) is 1. The molecule has 1 aromatic heterocycles. The van der Waals surface area contributed by atoms with Gasteiger partial charge in [0.25, 0.3) is 0 Å². The third kappa shape index (κ3) is 3.83. The number of benzene rings is 1. The molecular formula is C15H17ClN2. The summed E-state index contributed by atoms with van der Waals surface area (Å²) in [6.45, 7) is 0. The van der Waals surface area contributed by atoms with E-state index in [4.69, 9.17) is 17.3 Å². The molecule has 0 aliphatic rings. The quantitative estimate of drug-likeness (QED) is 0.889. The lowest BCUT2D eigenvalue weighted by molar-refractivity contribution is 0.598. The van der Waals surface area contributed by atoms with Gasteiger partial charge in [-0.25, -0.2) is 0 Å². The van der Waals surface area contributed by atoms with Gasteiger partial charge in [0.2, 0.25) is 0 Å². The highest BCUT2D eigenvalue weighted by molar-refractivity contribution is 6.30. The van der Waals surface area contributed by atoms with Crippen molar-refractivity contribution in [3.63, 3.8) is 0 Å². The Morgan fingerprint density at radius 1 is 1.11 bits per heavy atom. The van der Waals surface area contributed by atoms with E-state index in [1.54, 1.807) is 6.20 Å². The van der Waals surface area contributed by atoms with Crippen LogP contribution >= 0.6 is 11.6 Å². The molecular weight excluding hydrogens is 244 g/mol. The molecule has 2 aromatic rings. The first kappa shape index (κ1) is 13.1. The van der Waals surface area contributed by atoms with E-state index < -0.39 is 0 Å². The van der Waals surface area contributed by atoms with E-state index in [0.29, 0.717) is 5.02 Å². The lowest BCUT2D eigenvalue weighted by atomic mass is 10.0. The largest absolute Gasteiger partial charge is 0.323 e. The number of aromatic nitrogens is 1. The molecule has 0 aliphatic heterocycles. The van der Waals surface area contributed by atoms with Gasteiger partial charge in [-0.05, 0) is 37.0 Å². The number of pyridine rings is 1. The Labute approximate surface area is 113 Å². The molecule has 1 heterocycles. The van der Waals surface area contributed by atoms with Gasteiger partial charge in [0.05, 0.1) is 10.7 Å². The summed E-state index contributed by atoms with van der Waals surface area (Å²) in [6, 6.07) is 14.2. The Hall–Kier alpha value is -1.38. The molecule has 0 saturated carbocycles. The van der Waals surface area contributed by atoms with Crippen molar-refractivity contribution in [2.75, 3.05) is 0 Å². The van der Waals surface area contributed by atoms with Crippen LogP contribution in [-0.4, -0.2) is 4.98 Å². The molecule has 0 spiro atoms. The number of aryl methyl sites for hydroxylation is 1.